The summed E-state index contributed by atoms with van der Waals surface area (Å²) >= 11 is 0. The zero-order chi connectivity index (χ0) is 11.5. The highest BCUT2D eigenvalue weighted by Crippen LogP contribution is 2.23. The smallest absolute Gasteiger partial charge is 0.195 e. The quantitative estimate of drug-likeness (QED) is 0.838. The Labute approximate surface area is 102 Å². The van der Waals surface area contributed by atoms with Crippen LogP contribution >= 0.6 is 0 Å². The van der Waals surface area contributed by atoms with Crippen LogP contribution in [0.5, 0.6) is 0 Å². The van der Waals surface area contributed by atoms with E-state index in [1.54, 1.807) is 0 Å². The molecule has 0 amide bonds. The van der Waals surface area contributed by atoms with Crippen LogP contribution in [0.3, 0.4) is 0 Å². The maximum absolute atomic E-state index is 5.59. The fraction of sp³-hybridized carbons (Fsp3) is 0.769. The molecule has 2 aliphatic rings. The van der Waals surface area contributed by atoms with Gasteiger partial charge in [0.1, 0.15) is 6.26 Å². The van der Waals surface area contributed by atoms with Gasteiger partial charge >= 0.3 is 0 Å². The van der Waals surface area contributed by atoms with Gasteiger partial charge in [-0.25, -0.2) is 4.98 Å². The van der Waals surface area contributed by atoms with Crippen molar-refractivity contribution in [2.45, 2.75) is 50.6 Å². The van der Waals surface area contributed by atoms with Crippen LogP contribution in [0.25, 0.3) is 0 Å². The van der Waals surface area contributed by atoms with E-state index >= 15 is 0 Å². The van der Waals surface area contributed by atoms with E-state index in [1.807, 2.05) is 6.26 Å². The maximum Gasteiger partial charge on any atom is 0.195 e. The van der Waals surface area contributed by atoms with Crippen LogP contribution in [-0.2, 0) is 6.42 Å². The third-order valence-electron chi connectivity index (χ3n) is 3.82. The molecule has 2 atom stereocenters. The van der Waals surface area contributed by atoms with E-state index in [0.717, 1.165) is 31.1 Å². The Balaban J connectivity index is 1.60. The molecular weight excluding hydrogens is 214 g/mol. The molecule has 4 nitrogen and oxygen atoms in total. The van der Waals surface area contributed by atoms with Crippen molar-refractivity contribution in [3.05, 3.63) is 17.8 Å². The summed E-state index contributed by atoms with van der Waals surface area (Å²) in [4.78, 5) is 4.63. The zero-order valence-corrected chi connectivity index (χ0v) is 10.2. The number of nitrogens with one attached hydrogen (secondary N) is 2. The van der Waals surface area contributed by atoms with Crippen molar-refractivity contribution in [1.82, 2.24) is 15.6 Å². The molecule has 0 saturated carbocycles. The van der Waals surface area contributed by atoms with Gasteiger partial charge in [0.05, 0.1) is 11.7 Å². The van der Waals surface area contributed by atoms with E-state index < -0.39 is 0 Å². The average molecular weight is 235 g/mol. The van der Waals surface area contributed by atoms with Gasteiger partial charge in [0.2, 0.25) is 0 Å². The van der Waals surface area contributed by atoms with Crippen molar-refractivity contribution >= 4 is 0 Å². The Morgan fingerprint density at radius 3 is 2.88 bits per heavy atom. The van der Waals surface area contributed by atoms with Gasteiger partial charge in [-0.2, -0.15) is 0 Å². The van der Waals surface area contributed by atoms with Crippen LogP contribution in [-0.4, -0.2) is 24.1 Å². The molecule has 4 heteroatoms. The number of oxazole rings is 1. The van der Waals surface area contributed by atoms with Crippen molar-refractivity contribution in [3.8, 4) is 0 Å². The van der Waals surface area contributed by atoms with Crippen LogP contribution in [0.4, 0.5) is 0 Å². The van der Waals surface area contributed by atoms with Crippen molar-refractivity contribution < 1.29 is 4.42 Å². The van der Waals surface area contributed by atoms with Gasteiger partial charge in [-0.05, 0) is 38.8 Å². The van der Waals surface area contributed by atoms with Gasteiger partial charge in [-0.15, -0.1) is 0 Å². The molecule has 2 aliphatic heterocycles. The average Bonchev–Trinajstić information content (AvgIpc) is 3.02. The lowest BCUT2D eigenvalue weighted by Crippen LogP contribution is -2.27. The Bertz CT molecular complexity index is 351. The molecule has 3 heterocycles. The van der Waals surface area contributed by atoms with Crippen molar-refractivity contribution in [2.75, 3.05) is 13.1 Å². The number of aromatic nitrogens is 1. The van der Waals surface area contributed by atoms with Crippen LogP contribution in [0.2, 0.25) is 0 Å². The molecule has 1 aromatic heterocycles. The van der Waals surface area contributed by atoms with E-state index in [-0.39, 0.29) is 0 Å². The van der Waals surface area contributed by atoms with Gasteiger partial charge in [-0.3, -0.25) is 0 Å². The lowest BCUT2D eigenvalue weighted by Gasteiger charge is -2.20. The topological polar surface area (TPSA) is 50.1 Å². The minimum absolute atomic E-state index is 0.415. The van der Waals surface area contributed by atoms with E-state index in [2.05, 4.69) is 15.6 Å². The van der Waals surface area contributed by atoms with Gasteiger partial charge in [0.25, 0.3) is 0 Å². The summed E-state index contributed by atoms with van der Waals surface area (Å²) in [7, 11) is 0. The summed E-state index contributed by atoms with van der Waals surface area (Å²) in [6.07, 6.45) is 9.08. The first-order chi connectivity index (χ1) is 8.42. The number of rotatable bonds is 3. The first-order valence-corrected chi connectivity index (χ1v) is 6.83. The number of hydrogen-bond donors (Lipinski definition) is 2. The molecule has 17 heavy (non-hydrogen) atoms. The number of nitrogens with zero attached hydrogens (tertiary/aromatic N) is 1. The van der Waals surface area contributed by atoms with Gasteiger partial charge in [0, 0.05) is 12.5 Å². The standard InChI is InChI=1S/C13H21N3O/c1-2-6-15-11(5-1)12-9-17-13(16-12)8-10-4-3-7-14-10/h9-11,14-15H,1-8H2. The maximum atomic E-state index is 5.59. The summed E-state index contributed by atoms with van der Waals surface area (Å²) < 4.78 is 5.59. The summed E-state index contributed by atoms with van der Waals surface area (Å²) in [6, 6.07) is 0.985. The predicted molar refractivity (Wildman–Crippen MR) is 65.8 cm³/mol. The normalized spacial score (nSPS) is 29.6. The fourth-order valence-electron chi connectivity index (χ4n) is 2.82. The zero-order valence-electron chi connectivity index (χ0n) is 10.2. The molecule has 0 aromatic carbocycles. The van der Waals surface area contributed by atoms with Crippen molar-refractivity contribution in [1.29, 1.82) is 0 Å². The molecule has 94 valence electrons. The second-order valence-corrected chi connectivity index (χ2v) is 5.17. The third-order valence-corrected chi connectivity index (χ3v) is 3.82. The lowest BCUT2D eigenvalue weighted by molar-refractivity contribution is 0.404. The molecule has 2 saturated heterocycles. The molecule has 0 radical (unpaired) electrons. The Morgan fingerprint density at radius 2 is 2.12 bits per heavy atom. The van der Waals surface area contributed by atoms with Crippen molar-refractivity contribution in [3.63, 3.8) is 0 Å². The van der Waals surface area contributed by atoms with E-state index in [1.165, 1.54) is 32.1 Å². The molecule has 2 fully saturated rings. The minimum atomic E-state index is 0.415. The molecule has 2 unspecified atom stereocenters. The molecule has 3 rings (SSSR count). The highest BCUT2D eigenvalue weighted by atomic mass is 16.3. The largest absolute Gasteiger partial charge is 0.449 e. The first kappa shape index (κ1) is 11.2. The van der Waals surface area contributed by atoms with Gasteiger partial charge in [0.15, 0.2) is 5.89 Å². The fourth-order valence-corrected chi connectivity index (χ4v) is 2.82. The monoisotopic (exact) mass is 235 g/mol. The van der Waals surface area contributed by atoms with Gasteiger partial charge < -0.3 is 15.1 Å². The van der Waals surface area contributed by atoms with Crippen LogP contribution in [0, 0.1) is 0 Å². The molecule has 0 aliphatic carbocycles. The predicted octanol–water partition coefficient (Wildman–Crippen LogP) is 1.78. The molecule has 1 aromatic rings. The summed E-state index contributed by atoms with van der Waals surface area (Å²) in [5.74, 6) is 0.895. The first-order valence-electron chi connectivity index (χ1n) is 6.83. The second-order valence-electron chi connectivity index (χ2n) is 5.17. The third kappa shape index (κ3) is 2.69. The SMILES string of the molecule is c1oc(CC2CCCN2)nc1C1CCCCN1. The number of hydrogen-bond acceptors (Lipinski definition) is 4. The van der Waals surface area contributed by atoms with Crippen molar-refractivity contribution in [2.24, 2.45) is 0 Å². The molecule has 2 N–H and O–H groups in total. The second kappa shape index (κ2) is 5.19. The minimum Gasteiger partial charge on any atom is -0.449 e. The van der Waals surface area contributed by atoms with E-state index in [4.69, 9.17) is 4.42 Å². The lowest BCUT2D eigenvalue weighted by atomic mass is 10.0. The summed E-state index contributed by atoms with van der Waals surface area (Å²) in [6.45, 7) is 2.25. The van der Waals surface area contributed by atoms with E-state index in [0.29, 0.717) is 12.1 Å². The summed E-state index contributed by atoms with van der Waals surface area (Å²) in [5.41, 5.74) is 1.10. The van der Waals surface area contributed by atoms with E-state index in [9.17, 15) is 0 Å². The van der Waals surface area contributed by atoms with Crippen LogP contribution in [0.15, 0.2) is 10.7 Å². The van der Waals surface area contributed by atoms with Crippen LogP contribution in [0.1, 0.15) is 49.7 Å². The summed E-state index contributed by atoms with van der Waals surface area (Å²) in [5, 5.41) is 6.98. The highest BCUT2D eigenvalue weighted by molar-refractivity contribution is 5.05. The highest BCUT2D eigenvalue weighted by Gasteiger charge is 2.21. The Hall–Kier alpha value is -0.870. The Kier molecular flexibility index (Phi) is 3.43. The molecular formula is C13H21N3O. The number of piperidine rings is 1. The molecule has 0 bridgehead atoms. The Morgan fingerprint density at radius 1 is 1.18 bits per heavy atom. The van der Waals surface area contributed by atoms with Gasteiger partial charge in [-0.1, -0.05) is 6.42 Å². The molecule has 0 spiro atoms. The van der Waals surface area contributed by atoms with Crippen LogP contribution < -0.4 is 10.6 Å².